The van der Waals surface area contributed by atoms with Gasteiger partial charge >= 0.3 is 11.9 Å². The largest absolute Gasteiger partial charge is 0.478 e. The van der Waals surface area contributed by atoms with E-state index in [0.29, 0.717) is 0 Å². The third-order valence-electron chi connectivity index (χ3n) is 0.762. The molecule has 0 fully saturated rings. The molecule has 0 aliphatic heterocycles. The molecule has 0 radical (unpaired) electrons. The number of carboxylic acid groups (broad SMARTS) is 1. The van der Waals surface area contributed by atoms with E-state index < -0.39 is 18.4 Å². The Morgan fingerprint density at radius 1 is 1.50 bits per heavy atom. The topological polar surface area (TPSA) is 83.8 Å². The van der Waals surface area contributed by atoms with E-state index in [0.717, 1.165) is 0 Å². The van der Waals surface area contributed by atoms with Gasteiger partial charge in [0.1, 0.15) is 0 Å². The number of carboxylic acids is 1. The standard InChI is InChI=1S/C5H6O5/c1-3(5(7)8)2-4(6)10-9/h9H,1-2H2,(H,7,8). The van der Waals surface area contributed by atoms with Crippen molar-refractivity contribution in [1.29, 1.82) is 0 Å². The first-order valence-corrected chi connectivity index (χ1v) is 2.33. The fourth-order valence-corrected chi connectivity index (χ4v) is 0.282. The van der Waals surface area contributed by atoms with Crippen molar-refractivity contribution in [3.8, 4) is 0 Å². The second kappa shape index (κ2) is 3.62. The molecule has 0 spiro atoms. The Bertz CT molecular complexity index is 171. The van der Waals surface area contributed by atoms with Gasteiger partial charge in [-0.3, -0.25) is 0 Å². The van der Waals surface area contributed by atoms with Gasteiger partial charge in [0.2, 0.25) is 0 Å². The maximum atomic E-state index is 10.1. The SMILES string of the molecule is C=C(CC(=O)OO)C(=O)O. The molecule has 2 N–H and O–H groups in total. The van der Waals surface area contributed by atoms with E-state index >= 15 is 0 Å². The van der Waals surface area contributed by atoms with Crippen LogP contribution in [0.25, 0.3) is 0 Å². The van der Waals surface area contributed by atoms with E-state index in [1.807, 2.05) is 0 Å². The Labute approximate surface area is 56.5 Å². The van der Waals surface area contributed by atoms with Crippen LogP contribution >= 0.6 is 0 Å². The Kier molecular flexibility index (Phi) is 3.13. The lowest BCUT2D eigenvalue weighted by atomic mass is 10.2. The smallest absolute Gasteiger partial charge is 0.346 e. The van der Waals surface area contributed by atoms with Crippen molar-refractivity contribution in [3.05, 3.63) is 12.2 Å². The Balaban J connectivity index is 3.80. The van der Waals surface area contributed by atoms with Gasteiger partial charge in [-0.25, -0.2) is 9.59 Å². The summed E-state index contributed by atoms with van der Waals surface area (Å²) in [4.78, 5) is 23.3. The average Bonchev–Trinajstić information content (AvgIpc) is 1.87. The summed E-state index contributed by atoms with van der Waals surface area (Å²) in [6.07, 6.45) is -0.508. The van der Waals surface area contributed by atoms with E-state index in [9.17, 15) is 9.59 Å². The Morgan fingerprint density at radius 2 is 2.00 bits per heavy atom. The second-order valence-corrected chi connectivity index (χ2v) is 1.55. The third kappa shape index (κ3) is 2.83. The Hall–Kier alpha value is -1.36. The lowest BCUT2D eigenvalue weighted by Crippen LogP contribution is -2.07. The zero-order valence-electron chi connectivity index (χ0n) is 5.03. The summed E-state index contributed by atoms with van der Waals surface area (Å²) in [6.45, 7) is 3.03. The van der Waals surface area contributed by atoms with Gasteiger partial charge in [0.05, 0.1) is 6.42 Å². The second-order valence-electron chi connectivity index (χ2n) is 1.55. The van der Waals surface area contributed by atoms with Crippen LogP contribution in [0.3, 0.4) is 0 Å². The minimum absolute atomic E-state index is 0.320. The number of aliphatic carboxylic acids is 1. The maximum absolute atomic E-state index is 10.1. The molecule has 0 unspecified atom stereocenters. The molecule has 0 aromatic rings. The van der Waals surface area contributed by atoms with E-state index in [4.69, 9.17) is 10.4 Å². The maximum Gasteiger partial charge on any atom is 0.346 e. The molecule has 0 saturated heterocycles. The van der Waals surface area contributed by atoms with Crippen LogP contribution in [-0.2, 0) is 14.5 Å². The summed E-state index contributed by atoms with van der Waals surface area (Å²) in [6, 6.07) is 0. The quantitative estimate of drug-likeness (QED) is 0.333. The van der Waals surface area contributed by atoms with Crippen molar-refractivity contribution in [2.24, 2.45) is 0 Å². The fourth-order valence-electron chi connectivity index (χ4n) is 0.282. The molecule has 0 aromatic carbocycles. The molecule has 0 amide bonds. The number of hydrogen-bond donors (Lipinski definition) is 2. The van der Waals surface area contributed by atoms with Crippen molar-refractivity contribution in [1.82, 2.24) is 0 Å². The molecule has 0 bridgehead atoms. The van der Waals surface area contributed by atoms with Crippen LogP contribution < -0.4 is 0 Å². The third-order valence-corrected chi connectivity index (χ3v) is 0.762. The molecule has 5 nitrogen and oxygen atoms in total. The summed E-state index contributed by atoms with van der Waals surface area (Å²) < 4.78 is 0. The van der Waals surface area contributed by atoms with E-state index in [-0.39, 0.29) is 5.57 Å². The van der Waals surface area contributed by atoms with Crippen molar-refractivity contribution in [3.63, 3.8) is 0 Å². The van der Waals surface area contributed by atoms with Crippen LogP contribution in [0.15, 0.2) is 12.2 Å². The number of carbonyl (C=O) groups excluding carboxylic acids is 1. The van der Waals surface area contributed by atoms with Gasteiger partial charge in [-0.15, -0.1) is 0 Å². The van der Waals surface area contributed by atoms with E-state index in [1.165, 1.54) is 0 Å². The van der Waals surface area contributed by atoms with E-state index in [2.05, 4.69) is 11.5 Å². The van der Waals surface area contributed by atoms with Gasteiger partial charge in [0.15, 0.2) is 0 Å². The van der Waals surface area contributed by atoms with Gasteiger partial charge in [-0.2, -0.15) is 5.26 Å². The van der Waals surface area contributed by atoms with Gasteiger partial charge in [0.25, 0.3) is 0 Å². The summed E-state index contributed by atoms with van der Waals surface area (Å²) >= 11 is 0. The molecule has 56 valence electrons. The molecule has 0 atom stereocenters. The Morgan fingerprint density at radius 3 is 2.30 bits per heavy atom. The molecule has 10 heavy (non-hydrogen) atoms. The number of rotatable bonds is 3. The predicted octanol–water partition coefficient (Wildman–Crippen LogP) is 0.0335. The molecule has 0 aliphatic rings. The summed E-state index contributed by atoms with van der Waals surface area (Å²) in [5.41, 5.74) is -0.320. The molecule has 0 saturated carbocycles. The zero-order valence-corrected chi connectivity index (χ0v) is 5.03. The predicted molar refractivity (Wildman–Crippen MR) is 30.1 cm³/mol. The van der Waals surface area contributed by atoms with Crippen LogP contribution in [-0.4, -0.2) is 22.3 Å². The normalized spacial score (nSPS) is 8.50. The minimum Gasteiger partial charge on any atom is -0.478 e. The molecule has 0 aliphatic carbocycles. The molecule has 0 aromatic heterocycles. The van der Waals surface area contributed by atoms with Gasteiger partial charge < -0.3 is 9.99 Å². The van der Waals surface area contributed by atoms with Crippen molar-refractivity contribution >= 4 is 11.9 Å². The molecular formula is C5H6O5. The number of hydrogen-bond acceptors (Lipinski definition) is 4. The molecular weight excluding hydrogens is 140 g/mol. The highest BCUT2D eigenvalue weighted by molar-refractivity contribution is 5.91. The van der Waals surface area contributed by atoms with Crippen molar-refractivity contribution in [2.45, 2.75) is 6.42 Å². The first-order valence-electron chi connectivity index (χ1n) is 2.33. The molecule has 0 heterocycles. The van der Waals surface area contributed by atoms with Crippen LogP contribution in [0, 0.1) is 0 Å². The molecule has 5 heteroatoms. The fraction of sp³-hybridized carbons (Fsp3) is 0.200. The highest BCUT2D eigenvalue weighted by Gasteiger charge is 2.10. The van der Waals surface area contributed by atoms with Crippen molar-refractivity contribution in [2.75, 3.05) is 0 Å². The van der Waals surface area contributed by atoms with Crippen LogP contribution in [0.5, 0.6) is 0 Å². The van der Waals surface area contributed by atoms with Gasteiger partial charge in [-0.05, 0) is 0 Å². The first kappa shape index (κ1) is 8.64. The minimum atomic E-state index is -1.29. The highest BCUT2D eigenvalue weighted by atomic mass is 17.1. The van der Waals surface area contributed by atoms with Crippen LogP contribution in [0.2, 0.25) is 0 Å². The molecule has 0 rings (SSSR count). The zero-order chi connectivity index (χ0) is 8.15. The summed E-state index contributed by atoms with van der Waals surface area (Å²) in [5.74, 6) is -2.32. The lowest BCUT2D eigenvalue weighted by molar-refractivity contribution is -0.233. The van der Waals surface area contributed by atoms with Crippen LogP contribution in [0.4, 0.5) is 0 Å². The van der Waals surface area contributed by atoms with Crippen molar-refractivity contribution < 1.29 is 24.8 Å². The average molecular weight is 146 g/mol. The monoisotopic (exact) mass is 146 g/mol. The first-order chi connectivity index (χ1) is 4.57. The number of carbonyl (C=O) groups is 2. The lowest BCUT2D eigenvalue weighted by Gasteiger charge is -1.94. The van der Waals surface area contributed by atoms with Crippen LogP contribution in [0.1, 0.15) is 6.42 Å². The summed E-state index contributed by atoms with van der Waals surface area (Å²) in [7, 11) is 0. The van der Waals surface area contributed by atoms with Gasteiger partial charge in [-0.1, -0.05) is 6.58 Å². The van der Waals surface area contributed by atoms with E-state index in [1.54, 1.807) is 0 Å². The highest BCUT2D eigenvalue weighted by Crippen LogP contribution is 1.98. The van der Waals surface area contributed by atoms with Gasteiger partial charge in [0, 0.05) is 5.57 Å². The summed E-state index contributed by atoms with van der Waals surface area (Å²) in [5, 5.41) is 15.8.